The van der Waals surface area contributed by atoms with E-state index >= 15 is 0 Å². The van der Waals surface area contributed by atoms with Gasteiger partial charge in [0.25, 0.3) is 0 Å². The molecule has 0 spiro atoms. The summed E-state index contributed by atoms with van der Waals surface area (Å²) in [5.41, 5.74) is 1.26. The fourth-order valence-corrected chi connectivity index (χ4v) is 1.90. The van der Waals surface area contributed by atoms with Crippen LogP contribution in [-0.2, 0) is 6.54 Å². The minimum Gasteiger partial charge on any atom is -0.391 e. The fourth-order valence-electron chi connectivity index (χ4n) is 1.90. The van der Waals surface area contributed by atoms with Gasteiger partial charge in [-0.3, -0.25) is 0 Å². The van der Waals surface area contributed by atoms with E-state index in [0.29, 0.717) is 0 Å². The van der Waals surface area contributed by atoms with Crippen LogP contribution in [0.2, 0.25) is 0 Å². The van der Waals surface area contributed by atoms with Gasteiger partial charge in [0.05, 0.1) is 6.10 Å². The molecular formula is C12H18N2O. The summed E-state index contributed by atoms with van der Waals surface area (Å²) in [4.78, 5) is 0. The van der Waals surface area contributed by atoms with Crippen molar-refractivity contribution in [1.29, 1.82) is 0 Å². The van der Waals surface area contributed by atoms with Crippen molar-refractivity contribution in [2.75, 3.05) is 13.1 Å². The van der Waals surface area contributed by atoms with Crippen LogP contribution in [0.25, 0.3) is 0 Å². The Morgan fingerprint density at radius 2 is 2.13 bits per heavy atom. The van der Waals surface area contributed by atoms with Crippen molar-refractivity contribution in [3.63, 3.8) is 0 Å². The molecule has 0 saturated carbocycles. The van der Waals surface area contributed by atoms with Gasteiger partial charge < -0.3 is 15.7 Å². The highest BCUT2D eigenvalue weighted by Crippen LogP contribution is 2.05. The molecule has 3 nitrogen and oxygen atoms in total. The van der Waals surface area contributed by atoms with E-state index in [4.69, 9.17) is 0 Å². The largest absolute Gasteiger partial charge is 0.391 e. The van der Waals surface area contributed by atoms with Gasteiger partial charge in [-0.05, 0) is 18.5 Å². The highest BCUT2D eigenvalue weighted by molar-refractivity contribution is 5.14. The molecular weight excluding hydrogens is 188 g/mol. The first-order valence-corrected chi connectivity index (χ1v) is 5.52. The summed E-state index contributed by atoms with van der Waals surface area (Å²) < 4.78 is 0. The molecule has 1 saturated heterocycles. The maximum Gasteiger partial charge on any atom is 0.0717 e. The van der Waals surface area contributed by atoms with Crippen molar-refractivity contribution < 1.29 is 5.11 Å². The van der Waals surface area contributed by atoms with Crippen LogP contribution in [0.15, 0.2) is 30.3 Å². The molecule has 0 bridgehead atoms. The smallest absolute Gasteiger partial charge is 0.0717 e. The molecule has 3 heteroatoms. The summed E-state index contributed by atoms with van der Waals surface area (Å²) in [7, 11) is 0. The van der Waals surface area contributed by atoms with Gasteiger partial charge in [-0.2, -0.15) is 0 Å². The van der Waals surface area contributed by atoms with Crippen LogP contribution >= 0.6 is 0 Å². The topological polar surface area (TPSA) is 44.3 Å². The van der Waals surface area contributed by atoms with Crippen LogP contribution in [0.1, 0.15) is 12.0 Å². The molecule has 1 fully saturated rings. The number of nitrogens with one attached hydrogen (secondary N) is 2. The summed E-state index contributed by atoms with van der Waals surface area (Å²) in [6, 6.07) is 10.4. The number of benzene rings is 1. The lowest BCUT2D eigenvalue weighted by molar-refractivity contribution is 0.0985. The van der Waals surface area contributed by atoms with E-state index in [1.54, 1.807) is 0 Å². The van der Waals surface area contributed by atoms with Crippen molar-refractivity contribution >= 4 is 0 Å². The Labute approximate surface area is 90.5 Å². The summed E-state index contributed by atoms with van der Waals surface area (Å²) in [5.74, 6) is 0. The average Bonchev–Trinajstić information content (AvgIpc) is 2.29. The SMILES string of the molecule is O[C@H]1CCNC[C@@H]1NCc1ccccc1. The molecule has 1 aromatic carbocycles. The zero-order valence-corrected chi connectivity index (χ0v) is 8.82. The van der Waals surface area contributed by atoms with E-state index in [0.717, 1.165) is 26.1 Å². The normalized spacial score (nSPS) is 26.5. The van der Waals surface area contributed by atoms with E-state index in [1.807, 2.05) is 18.2 Å². The van der Waals surface area contributed by atoms with Gasteiger partial charge in [-0.25, -0.2) is 0 Å². The molecule has 0 radical (unpaired) electrons. The van der Waals surface area contributed by atoms with Gasteiger partial charge in [0.2, 0.25) is 0 Å². The van der Waals surface area contributed by atoms with Crippen LogP contribution in [0.3, 0.4) is 0 Å². The van der Waals surface area contributed by atoms with Crippen molar-refractivity contribution in [1.82, 2.24) is 10.6 Å². The van der Waals surface area contributed by atoms with Crippen molar-refractivity contribution in [3.8, 4) is 0 Å². The van der Waals surface area contributed by atoms with Gasteiger partial charge >= 0.3 is 0 Å². The number of hydrogen-bond acceptors (Lipinski definition) is 3. The standard InChI is InChI=1S/C12H18N2O/c15-12-6-7-13-9-11(12)14-8-10-4-2-1-3-5-10/h1-5,11-15H,6-9H2/t11-,12-/m0/s1. The molecule has 1 aliphatic heterocycles. The Morgan fingerprint density at radius 3 is 2.87 bits per heavy atom. The van der Waals surface area contributed by atoms with Gasteiger partial charge in [-0.15, -0.1) is 0 Å². The fraction of sp³-hybridized carbons (Fsp3) is 0.500. The molecule has 2 rings (SSSR count). The molecule has 0 aliphatic carbocycles. The molecule has 82 valence electrons. The lowest BCUT2D eigenvalue weighted by Gasteiger charge is -2.29. The van der Waals surface area contributed by atoms with E-state index in [2.05, 4.69) is 22.8 Å². The molecule has 1 aromatic rings. The van der Waals surface area contributed by atoms with Crippen molar-refractivity contribution in [2.45, 2.75) is 25.1 Å². The molecule has 3 N–H and O–H groups in total. The Balaban J connectivity index is 1.82. The Kier molecular flexibility index (Phi) is 3.72. The average molecular weight is 206 g/mol. The van der Waals surface area contributed by atoms with Crippen LogP contribution in [0.4, 0.5) is 0 Å². The predicted molar refractivity (Wildman–Crippen MR) is 60.6 cm³/mol. The summed E-state index contributed by atoms with van der Waals surface area (Å²) in [5, 5.41) is 16.4. The third-order valence-electron chi connectivity index (χ3n) is 2.86. The molecule has 15 heavy (non-hydrogen) atoms. The predicted octanol–water partition coefficient (Wildman–Crippen LogP) is 0.499. The zero-order chi connectivity index (χ0) is 10.5. The van der Waals surface area contributed by atoms with E-state index < -0.39 is 0 Å². The van der Waals surface area contributed by atoms with Gasteiger partial charge in [0.15, 0.2) is 0 Å². The monoisotopic (exact) mass is 206 g/mol. The Bertz CT molecular complexity index is 289. The molecule has 0 unspecified atom stereocenters. The third kappa shape index (κ3) is 3.02. The number of piperidine rings is 1. The lowest BCUT2D eigenvalue weighted by Crippen LogP contribution is -2.51. The van der Waals surface area contributed by atoms with Crippen LogP contribution < -0.4 is 10.6 Å². The second kappa shape index (κ2) is 5.26. The quantitative estimate of drug-likeness (QED) is 0.675. The summed E-state index contributed by atoms with van der Waals surface area (Å²) in [6.07, 6.45) is 0.627. The molecule has 1 aliphatic rings. The first-order valence-electron chi connectivity index (χ1n) is 5.52. The van der Waals surface area contributed by atoms with Gasteiger partial charge in [-0.1, -0.05) is 30.3 Å². The van der Waals surface area contributed by atoms with E-state index in [-0.39, 0.29) is 12.1 Å². The first-order chi connectivity index (χ1) is 7.36. The third-order valence-corrected chi connectivity index (χ3v) is 2.86. The second-order valence-electron chi connectivity index (χ2n) is 4.03. The highest BCUT2D eigenvalue weighted by Gasteiger charge is 2.21. The Morgan fingerprint density at radius 1 is 1.33 bits per heavy atom. The maximum atomic E-state index is 9.74. The van der Waals surface area contributed by atoms with Crippen molar-refractivity contribution in [2.24, 2.45) is 0 Å². The van der Waals surface area contributed by atoms with E-state index in [1.165, 1.54) is 5.56 Å². The lowest BCUT2D eigenvalue weighted by atomic mass is 10.0. The summed E-state index contributed by atoms with van der Waals surface area (Å²) >= 11 is 0. The van der Waals surface area contributed by atoms with Gasteiger partial charge in [0, 0.05) is 19.1 Å². The minimum absolute atomic E-state index is 0.180. The van der Waals surface area contributed by atoms with Crippen LogP contribution in [0.5, 0.6) is 0 Å². The molecule has 2 atom stereocenters. The zero-order valence-electron chi connectivity index (χ0n) is 8.82. The number of aliphatic hydroxyl groups is 1. The van der Waals surface area contributed by atoms with Crippen LogP contribution in [0, 0.1) is 0 Å². The first kappa shape index (κ1) is 10.6. The van der Waals surface area contributed by atoms with Crippen LogP contribution in [-0.4, -0.2) is 30.3 Å². The van der Waals surface area contributed by atoms with Crippen molar-refractivity contribution in [3.05, 3.63) is 35.9 Å². The Hall–Kier alpha value is -0.900. The summed E-state index contributed by atoms with van der Waals surface area (Å²) in [6.45, 7) is 2.60. The maximum absolute atomic E-state index is 9.74. The second-order valence-corrected chi connectivity index (χ2v) is 4.03. The minimum atomic E-state index is -0.213. The number of hydrogen-bond donors (Lipinski definition) is 3. The number of rotatable bonds is 3. The molecule has 0 aromatic heterocycles. The highest BCUT2D eigenvalue weighted by atomic mass is 16.3. The van der Waals surface area contributed by atoms with Gasteiger partial charge in [0.1, 0.15) is 0 Å². The number of aliphatic hydroxyl groups excluding tert-OH is 1. The molecule has 0 amide bonds. The molecule has 1 heterocycles. The van der Waals surface area contributed by atoms with E-state index in [9.17, 15) is 5.11 Å².